The van der Waals surface area contributed by atoms with Gasteiger partial charge in [0.25, 0.3) is 0 Å². The average molecular weight is 365 g/mol. The fraction of sp³-hybridized carbons (Fsp3) is 0.955. The van der Waals surface area contributed by atoms with E-state index in [-0.39, 0.29) is 12.1 Å². The third-order valence-electron chi connectivity index (χ3n) is 6.46. The third kappa shape index (κ3) is 5.95. The maximum atomic E-state index is 12.4. The fourth-order valence-corrected chi connectivity index (χ4v) is 4.56. The Balaban J connectivity index is 1.59. The molecule has 3 rings (SSSR count). The molecular weight excluding hydrogens is 324 g/mol. The van der Waals surface area contributed by atoms with Crippen molar-refractivity contribution in [3.63, 3.8) is 0 Å². The molecule has 26 heavy (non-hydrogen) atoms. The predicted molar refractivity (Wildman–Crippen MR) is 106 cm³/mol. The minimum absolute atomic E-state index is 0.0462. The molecule has 2 saturated heterocycles. The van der Waals surface area contributed by atoms with Crippen LogP contribution in [-0.2, 0) is 9.53 Å². The molecule has 1 aliphatic carbocycles. The molecule has 4 nitrogen and oxygen atoms in total. The zero-order chi connectivity index (χ0) is 18.6. The predicted octanol–water partition coefficient (Wildman–Crippen LogP) is 4.13. The average Bonchev–Trinajstić information content (AvgIpc) is 3.18. The summed E-state index contributed by atoms with van der Waals surface area (Å²) in [4.78, 5) is 15.0. The number of hydrogen-bond donors (Lipinski definition) is 1. The molecule has 1 N–H and O–H groups in total. The first kappa shape index (κ1) is 20.1. The van der Waals surface area contributed by atoms with Crippen molar-refractivity contribution < 1.29 is 9.53 Å². The normalized spacial score (nSPS) is 34.9. The maximum absolute atomic E-state index is 12.4. The van der Waals surface area contributed by atoms with Crippen LogP contribution in [-0.4, -0.2) is 48.7 Å². The van der Waals surface area contributed by atoms with Gasteiger partial charge in [-0.25, -0.2) is 0 Å². The molecule has 0 amide bonds. The fourth-order valence-electron chi connectivity index (χ4n) is 4.56. The first-order valence-electron chi connectivity index (χ1n) is 11.1. The molecule has 4 atom stereocenters. The highest BCUT2D eigenvalue weighted by atomic mass is 16.5. The van der Waals surface area contributed by atoms with Gasteiger partial charge in [-0.05, 0) is 71.8 Å². The molecule has 0 aromatic heterocycles. The highest BCUT2D eigenvalue weighted by Gasteiger charge is 2.37. The SMILES string of the molecule is CC(C)(C)C(=O)OC1CCCCCCCC2CC2NCC2CCCN2C1. The van der Waals surface area contributed by atoms with Crippen molar-refractivity contribution in [1.29, 1.82) is 0 Å². The van der Waals surface area contributed by atoms with Gasteiger partial charge in [-0.2, -0.15) is 0 Å². The van der Waals surface area contributed by atoms with Gasteiger partial charge >= 0.3 is 5.97 Å². The lowest BCUT2D eigenvalue weighted by molar-refractivity contribution is -0.160. The van der Waals surface area contributed by atoms with E-state index in [0.29, 0.717) is 6.04 Å². The summed E-state index contributed by atoms with van der Waals surface area (Å²) in [5.41, 5.74) is -0.413. The molecular formula is C22H40N2O2. The van der Waals surface area contributed by atoms with Crippen molar-refractivity contribution in [2.75, 3.05) is 19.6 Å². The number of rotatable bonds is 1. The van der Waals surface area contributed by atoms with E-state index in [2.05, 4.69) is 10.2 Å². The number of esters is 1. The zero-order valence-electron chi connectivity index (χ0n) is 17.3. The molecule has 0 aromatic rings. The number of carbonyl (C=O) groups excluding carboxylic acids is 1. The molecule has 3 aliphatic rings. The summed E-state index contributed by atoms with van der Waals surface area (Å²) in [5.74, 6) is 0.894. The van der Waals surface area contributed by atoms with E-state index in [1.807, 2.05) is 20.8 Å². The Morgan fingerprint density at radius 1 is 1.00 bits per heavy atom. The zero-order valence-corrected chi connectivity index (χ0v) is 17.3. The van der Waals surface area contributed by atoms with Crippen molar-refractivity contribution in [2.45, 2.75) is 103 Å². The first-order chi connectivity index (χ1) is 12.4. The molecule has 4 heteroatoms. The lowest BCUT2D eigenvalue weighted by Crippen LogP contribution is -2.44. The summed E-state index contributed by atoms with van der Waals surface area (Å²) in [6.07, 6.45) is 13.0. The van der Waals surface area contributed by atoms with E-state index in [1.165, 1.54) is 57.8 Å². The van der Waals surface area contributed by atoms with Crippen LogP contribution in [0.3, 0.4) is 0 Å². The van der Waals surface area contributed by atoms with Crippen molar-refractivity contribution in [3.05, 3.63) is 0 Å². The van der Waals surface area contributed by atoms with E-state index in [4.69, 9.17) is 4.74 Å². The van der Waals surface area contributed by atoms with Crippen molar-refractivity contribution in [1.82, 2.24) is 10.2 Å². The molecule has 0 radical (unpaired) electrons. The third-order valence-corrected chi connectivity index (χ3v) is 6.46. The second kappa shape index (κ2) is 9.05. The van der Waals surface area contributed by atoms with Crippen LogP contribution in [0.25, 0.3) is 0 Å². The number of hydrogen-bond acceptors (Lipinski definition) is 4. The van der Waals surface area contributed by atoms with E-state index in [1.54, 1.807) is 0 Å². The van der Waals surface area contributed by atoms with E-state index >= 15 is 0 Å². The molecule has 1 saturated carbocycles. The van der Waals surface area contributed by atoms with Gasteiger partial charge in [0.1, 0.15) is 6.10 Å². The summed E-state index contributed by atoms with van der Waals surface area (Å²) < 4.78 is 5.98. The monoisotopic (exact) mass is 364 g/mol. The Kier molecular flexibility index (Phi) is 7.01. The number of nitrogens with zero attached hydrogens (tertiary/aromatic N) is 1. The van der Waals surface area contributed by atoms with Gasteiger partial charge in [0.15, 0.2) is 0 Å². The standard InChI is InChI=1S/C22H40N2O2/c1-22(2,3)21(25)26-19-12-8-6-4-5-7-10-17-14-20(17)23-15-18-11-9-13-24(18)16-19/h17-20,23H,4-16H2,1-3H3. The number of ether oxygens (including phenoxy) is 1. The van der Waals surface area contributed by atoms with Crippen molar-refractivity contribution >= 4 is 5.97 Å². The van der Waals surface area contributed by atoms with Crippen molar-refractivity contribution in [2.24, 2.45) is 11.3 Å². The first-order valence-corrected chi connectivity index (χ1v) is 11.1. The number of fused-ring (bicyclic) bond motifs is 2. The van der Waals surface area contributed by atoms with Gasteiger partial charge in [0.2, 0.25) is 0 Å². The molecule has 4 unspecified atom stereocenters. The van der Waals surface area contributed by atoms with Gasteiger partial charge in [-0.1, -0.05) is 25.7 Å². The highest BCUT2D eigenvalue weighted by Crippen LogP contribution is 2.36. The molecule has 0 aromatic carbocycles. The number of carbonyl (C=O) groups is 1. The Morgan fingerprint density at radius 2 is 1.73 bits per heavy atom. The van der Waals surface area contributed by atoms with Gasteiger partial charge in [-0.15, -0.1) is 0 Å². The topological polar surface area (TPSA) is 41.6 Å². The lowest BCUT2D eigenvalue weighted by atomic mass is 9.97. The minimum Gasteiger partial charge on any atom is -0.461 e. The van der Waals surface area contributed by atoms with Crippen LogP contribution in [0.15, 0.2) is 0 Å². The van der Waals surface area contributed by atoms with E-state index in [9.17, 15) is 4.79 Å². The maximum Gasteiger partial charge on any atom is 0.311 e. The molecule has 2 heterocycles. The van der Waals surface area contributed by atoms with Crippen LogP contribution in [0.4, 0.5) is 0 Å². The lowest BCUT2D eigenvalue weighted by Gasteiger charge is -2.30. The van der Waals surface area contributed by atoms with Crippen LogP contribution in [0.2, 0.25) is 0 Å². The summed E-state index contributed by atoms with van der Waals surface area (Å²) in [7, 11) is 0. The van der Waals surface area contributed by atoms with Gasteiger partial charge in [0, 0.05) is 25.2 Å². The Hall–Kier alpha value is -0.610. The minimum atomic E-state index is -0.413. The van der Waals surface area contributed by atoms with Crippen LogP contribution in [0, 0.1) is 11.3 Å². The summed E-state index contributed by atoms with van der Waals surface area (Å²) >= 11 is 0. The Bertz CT molecular complexity index is 460. The smallest absolute Gasteiger partial charge is 0.311 e. The summed E-state index contributed by atoms with van der Waals surface area (Å²) in [6.45, 7) is 9.05. The van der Waals surface area contributed by atoms with E-state index in [0.717, 1.165) is 38.0 Å². The molecule has 0 spiro atoms. The van der Waals surface area contributed by atoms with Crippen LogP contribution in [0.1, 0.15) is 85.0 Å². The second-order valence-electron chi connectivity index (χ2n) is 9.92. The van der Waals surface area contributed by atoms with Gasteiger partial charge < -0.3 is 10.1 Å². The molecule has 3 fully saturated rings. The molecule has 0 bridgehead atoms. The summed E-state index contributed by atoms with van der Waals surface area (Å²) in [6, 6.07) is 1.40. The van der Waals surface area contributed by atoms with Crippen molar-refractivity contribution in [3.8, 4) is 0 Å². The quantitative estimate of drug-likeness (QED) is 0.710. The molecule has 150 valence electrons. The van der Waals surface area contributed by atoms with Crippen LogP contribution in [0.5, 0.6) is 0 Å². The van der Waals surface area contributed by atoms with E-state index < -0.39 is 5.41 Å². The van der Waals surface area contributed by atoms with Gasteiger partial charge in [-0.3, -0.25) is 9.69 Å². The second-order valence-corrected chi connectivity index (χ2v) is 9.92. The Morgan fingerprint density at radius 3 is 2.50 bits per heavy atom. The van der Waals surface area contributed by atoms with Crippen LogP contribution >= 0.6 is 0 Å². The number of nitrogens with one attached hydrogen (secondary N) is 1. The highest BCUT2D eigenvalue weighted by molar-refractivity contribution is 5.75. The Labute approximate surface area is 160 Å². The van der Waals surface area contributed by atoms with Gasteiger partial charge in [0.05, 0.1) is 5.41 Å². The van der Waals surface area contributed by atoms with Crippen LogP contribution < -0.4 is 5.32 Å². The summed E-state index contributed by atoms with van der Waals surface area (Å²) in [5, 5.41) is 3.83. The largest absolute Gasteiger partial charge is 0.461 e. The molecule has 2 aliphatic heterocycles.